The monoisotopic (exact) mass is 262 g/mol. The molecule has 0 saturated carbocycles. The number of hydrogen-bond acceptors (Lipinski definition) is 3. The molecule has 0 spiro atoms. The number of rotatable bonds is 4. The maximum absolute atomic E-state index is 11.4. The van der Waals surface area contributed by atoms with E-state index in [1.165, 1.54) is 5.56 Å². The molecular weight excluding hydrogens is 240 g/mol. The van der Waals surface area contributed by atoms with E-state index in [1.807, 2.05) is 19.1 Å². The number of carbonyl (C=O) groups is 1. The van der Waals surface area contributed by atoms with Crippen molar-refractivity contribution < 1.29 is 9.90 Å². The second-order valence-electron chi connectivity index (χ2n) is 5.16. The minimum absolute atomic E-state index is 0.136. The predicted octanol–water partition coefficient (Wildman–Crippen LogP) is 1.88. The summed E-state index contributed by atoms with van der Waals surface area (Å²) in [7, 11) is 0. The maximum atomic E-state index is 11.4. The van der Waals surface area contributed by atoms with E-state index >= 15 is 0 Å². The largest absolute Gasteiger partial charge is 0.508 e. The van der Waals surface area contributed by atoms with E-state index < -0.39 is 0 Å². The number of amides is 1. The summed E-state index contributed by atoms with van der Waals surface area (Å²) in [6.45, 7) is 4.73. The Morgan fingerprint density at radius 3 is 2.84 bits per heavy atom. The number of hydrogen-bond donors (Lipinski definition) is 2. The zero-order chi connectivity index (χ0) is 13.7. The molecule has 0 aromatic heterocycles. The lowest BCUT2D eigenvalue weighted by Gasteiger charge is -2.33. The average Bonchev–Trinajstić information content (AvgIpc) is 2.42. The molecule has 1 fully saturated rings. The fraction of sp³-hybridized carbons (Fsp3) is 0.533. The Labute approximate surface area is 114 Å². The molecular formula is C15H22N2O2. The SMILES string of the molecule is CCC(=O)N[C@H]1CCCN(Cc2ccc(O)cc2)C1. The van der Waals surface area contributed by atoms with Gasteiger partial charge in [-0.15, -0.1) is 0 Å². The van der Waals surface area contributed by atoms with Gasteiger partial charge in [0, 0.05) is 25.6 Å². The molecule has 0 bridgehead atoms. The van der Waals surface area contributed by atoms with Gasteiger partial charge in [0.25, 0.3) is 0 Å². The number of nitrogens with one attached hydrogen (secondary N) is 1. The van der Waals surface area contributed by atoms with Crippen LogP contribution in [0.25, 0.3) is 0 Å². The topological polar surface area (TPSA) is 52.6 Å². The third-order valence-corrected chi connectivity index (χ3v) is 3.53. The molecule has 1 atom stereocenters. The summed E-state index contributed by atoms with van der Waals surface area (Å²) in [4.78, 5) is 13.8. The Kier molecular flexibility index (Phi) is 4.80. The second-order valence-corrected chi connectivity index (χ2v) is 5.16. The van der Waals surface area contributed by atoms with E-state index in [1.54, 1.807) is 12.1 Å². The molecule has 19 heavy (non-hydrogen) atoms. The number of phenolic OH excluding ortho intramolecular Hbond substituents is 1. The van der Waals surface area contributed by atoms with Crippen molar-refractivity contribution in [1.29, 1.82) is 0 Å². The third kappa shape index (κ3) is 4.24. The normalized spacial score (nSPS) is 20.2. The number of benzene rings is 1. The van der Waals surface area contributed by atoms with E-state index in [4.69, 9.17) is 0 Å². The lowest BCUT2D eigenvalue weighted by Crippen LogP contribution is -2.47. The smallest absolute Gasteiger partial charge is 0.219 e. The molecule has 1 aliphatic rings. The van der Waals surface area contributed by atoms with Gasteiger partial charge in [0.2, 0.25) is 5.91 Å². The minimum atomic E-state index is 0.136. The van der Waals surface area contributed by atoms with Gasteiger partial charge in [-0.1, -0.05) is 19.1 Å². The highest BCUT2D eigenvalue weighted by atomic mass is 16.3. The van der Waals surface area contributed by atoms with E-state index in [-0.39, 0.29) is 11.9 Å². The predicted molar refractivity (Wildman–Crippen MR) is 74.8 cm³/mol. The highest BCUT2D eigenvalue weighted by molar-refractivity contribution is 5.75. The summed E-state index contributed by atoms with van der Waals surface area (Å²) in [6.07, 6.45) is 2.74. The summed E-state index contributed by atoms with van der Waals surface area (Å²) >= 11 is 0. The fourth-order valence-corrected chi connectivity index (χ4v) is 2.51. The first-order valence-electron chi connectivity index (χ1n) is 6.97. The lowest BCUT2D eigenvalue weighted by atomic mass is 10.0. The van der Waals surface area contributed by atoms with Gasteiger partial charge in [-0.3, -0.25) is 9.69 Å². The number of nitrogens with zero attached hydrogens (tertiary/aromatic N) is 1. The lowest BCUT2D eigenvalue weighted by molar-refractivity contribution is -0.121. The van der Waals surface area contributed by atoms with E-state index in [2.05, 4.69) is 10.2 Å². The Morgan fingerprint density at radius 2 is 2.16 bits per heavy atom. The molecule has 0 radical (unpaired) electrons. The van der Waals surface area contributed by atoms with Crippen LogP contribution in [0.4, 0.5) is 0 Å². The Balaban J connectivity index is 1.87. The third-order valence-electron chi connectivity index (χ3n) is 3.53. The van der Waals surface area contributed by atoms with Crippen LogP contribution < -0.4 is 5.32 Å². The number of piperidine rings is 1. The molecule has 1 heterocycles. The first-order valence-corrected chi connectivity index (χ1v) is 6.97. The zero-order valence-corrected chi connectivity index (χ0v) is 11.4. The van der Waals surface area contributed by atoms with Gasteiger partial charge in [0.15, 0.2) is 0 Å². The van der Waals surface area contributed by atoms with E-state index in [9.17, 15) is 9.90 Å². The van der Waals surface area contributed by atoms with Gasteiger partial charge in [-0.05, 0) is 37.1 Å². The van der Waals surface area contributed by atoms with Gasteiger partial charge in [-0.2, -0.15) is 0 Å². The number of phenols is 1. The van der Waals surface area contributed by atoms with Crippen molar-refractivity contribution in [1.82, 2.24) is 10.2 Å². The van der Waals surface area contributed by atoms with Crippen molar-refractivity contribution in [2.24, 2.45) is 0 Å². The molecule has 1 saturated heterocycles. The summed E-state index contributed by atoms with van der Waals surface area (Å²) in [6, 6.07) is 7.61. The fourth-order valence-electron chi connectivity index (χ4n) is 2.51. The summed E-state index contributed by atoms with van der Waals surface area (Å²) in [5, 5.41) is 12.3. The van der Waals surface area contributed by atoms with Crippen LogP contribution in [0.1, 0.15) is 31.7 Å². The van der Waals surface area contributed by atoms with Crippen molar-refractivity contribution in [3.05, 3.63) is 29.8 Å². The molecule has 2 rings (SSSR count). The van der Waals surface area contributed by atoms with Crippen molar-refractivity contribution >= 4 is 5.91 Å². The number of likely N-dealkylation sites (tertiary alicyclic amines) is 1. The molecule has 0 aliphatic carbocycles. The van der Waals surface area contributed by atoms with Crippen LogP contribution in [-0.4, -0.2) is 35.0 Å². The summed E-state index contributed by atoms with van der Waals surface area (Å²) < 4.78 is 0. The Morgan fingerprint density at radius 1 is 1.42 bits per heavy atom. The van der Waals surface area contributed by atoms with Crippen molar-refractivity contribution in [2.45, 2.75) is 38.8 Å². The van der Waals surface area contributed by atoms with Gasteiger partial charge in [0.05, 0.1) is 0 Å². The van der Waals surface area contributed by atoms with Crippen LogP contribution in [0.2, 0.25) is 0 Å². The van der Waals surface area contributed by atoms with Crippen molar-refractivity contribution in [3.8, 4) is 5.75 Å². The molecule has 0 unspecified atom stereocenters. The van der Waals surface area contributed by atoms with Gasteiger partial charge in [0.1, 0.15) is 5.75 Å². The maximum Gasteiger partial charge on any atom is 0.219 e. The van der Waals surface area contributed by atoms with Gasteiger partial charge < -0.3 is 10.4 Å². The van der Waals surface area contributed by atoms with E-state index in [0.29, 0.717) is 12.2 Å². The molecule has 104 valence electrons. The Hall–Kier alpha value is -1.55. The highest BCUT2D eigenvalue weighted by Crippen LogP contribution is 2.16. The van der Waals surface area contributed by atoms with Crippen LogP contribution in [0.3, 0.4) is 0 Å². The van der Waals surface area contributed by atoms with Crippen LogP contribution in [0.5, 0.6) is 5.75 Å². The first kappa shape index (κ1) is 13.9. The first-order chi connectivity index (χ1) is 9.17. The van der Waals surface area contributed by atoms with Gasteiger partial charge in [-0.25, -0.2) is 0 Å². The molecule has 1 aliphatic heterocycles. The standard InChI is InChI=1S/C15H22N2O2/c1-2-15(19)16-13-4-3-9-17(11-13)10-12-5-7-14(18)8-6-12/h5-8,13,18H,2-4,9-11H2,1H3,(H,16,19)/t13-/m0/s1. The van der Waals surface area contributed by atoms with Crippen LogP contribution in [0.15, 0.2) is 24.3 Å². The molecule has 1 aromatic carbocycles. The summed E-state index contributed by atoms with van der Waals surface area (Å²) in [5.41, 5.74) is 1.19. The van der Waals surface area contributed by atoms with Crippen LogP contribution in [-0.2, 0) is 11.3 Å². The van der Waals surface area contributed by atoms with Crippen molar-refractivity contribution in [3.63, 3.8) is 0 Å². The van der Waals surface area contributed by atoms with E-state index in [0.717, 1.165) is 32.5 Å². The molecule has 4 nitrogen and oxygen atoms in total. The van der Waals surface area contributed by atoms with Crippen LogP contribution in [0, 0.1) is 0 Å². The number of aromatic hydroxyl groups is 1. The zero-order valence-electron chi connectivity index (χ0n) is 11.4. The second kappa shape index (κ2) is 6.57. The molecule has 1 aromatic rings. The van der Waals surface area contributed by atoms with Crippen LogP contribution >= 0.6 is 0 Å². The molecule has 1 amide bonds. The minimum Gasteiger partial charge on any atom is -0.508 e. The average molecular weight is 262 g/mol. The number of carbonyl (C=O) groups excluding carboxylic acids is 1. The molecule has 2 N–H and O–H groups in total. The quantitative estimate of drug-likeness (QED) is 0.871. The Bertz CT molecular complexity index is 417. The summed E-state index contributed by atoms with van der Waals surface area (Å²) in [5.74, 6) is 0.437. The molecule has 4 heteroatoms. The van der Waals surface area contributed by atoms with Gasteiger partial charge >= 0.3 is 0 Å². The van der Waals surface area contributed by atoms with Crippen molar-refractivity contribution in [2.75, 3.05) is 13.1 Å². The highest BCUT2D eigenvalue weighted by Gasteiger charge is 2.20.